The van der Waals surface area contributed by atoms with E-state index in [1.54, 1.807) is 61.1 Å². The van der Waals surface area contributed by atoms with Crippen LogP contribution in [0.4, 0.5) is 10.1 Å². The van der Waals surface area contributed by atoms with E-state index in [9.17, 15) is 12.8 Å². The van der Waals surface area contributed by atoms with Crippen LogP contribution in [0.3, 0.4) is 0 Å². The molecule has 5 aromatic rings. The molecule has 8 nitrogen and oxygen atoms in total. The molecule has 2 heterocycles. The molecule has 3 aromatic carbocycles. The lowest BCUT2D eigenvalue weighted by Crippen LogP contribution is -2.12. The van der Waals surface area contributed by atoms with Crippen molar-refractivity contribution in [2.24, 2.45) is 0 Å². The van der Waals surface area contributed by atoms with Gasteiger partial charge >= 0.3 is 0 Å². The average Bonchev–Trinajstić information content (AvgIpc) is 3.50. The normalized spacial score (nSPS) is 11.5. The number of hydrogen-bond donors (Lipinski definition) is 1. The van der Waals surface area contributed by atoms with Crippen LogP contribution in [0.5, 0.6) is 0 Å². The van der Waals surface area contributed by atoms with Crippen molar-refractivity contribution >= 4 is 15.7 Å². The van der Waals surface area contributed by atoms with Crippen molar-refractivity contribution in [2.75, 3.05) is 4.72 Å². The Hall–Kier alpha value is -4.31. The molecule has 0 fully saturated rings. The first-order chi connectivity index (χ1) is 16.9. The number of rotatable bonds is 7. The van der Waals surface area contributed by atoms with Crippen LogP contribution in [-0.4, -0.2) is 28.1 Å². The number of nitrogens with zero attached hydrogens (tertiary/aromatic N) is 4. The molecule has 0 bridgehead atoms. The number of aryl methyl sites for hydroxylation is 1. The summed E-state index contributed by atoms with van der Waals surface area (Å²) in [6.07, 6.45) is 3.40. The van der Waals surface area contributed by atoms with Gasteiger partial charge in [0.05, 0.1) is 11.2 Å². The standard InChI is InChI=1S/C25H20FN5O3S/c1-17-5-11-22(12-6-17)35(32,33)30-21-9-7-18(8-10-21)14-31-15-23(27-16-31)25-28-24(29-34-25)19-3-2-4-20(26)13-19/h2-13,15-16,30H,14H2,1H3. The van der Waals surface area contributed by atoms with Crippen molar-refractivity contribution in [1.82, 2.24) is 19.7 Å². The maximum absolute atomic E-state index is 13.5. The van der Waals surface area contributed by atoms with Gasteiger partial charge in [0.25, 0.3) is 15.9 Å². The zero-order valence-corrected chi connectivity index (χ0v) is 19.4. The molecule has 10 heteroatoms. The van der Waals surface area contributed by atoms with E-state index in [-0.39, 0.29) is 22.4 Å². The van der Waals surface area contributed by atoms with Gasteiger partial charge in [0.2, 0.25) is 5.82 Å². The van der Waals surface area contributed by atoms with Gasteiger partial charge in [-0.25, -0.2) is 17.8 Å². The van der Waals surface area contributed by atoms with Crippen molar-refractivity contribution in [3.05, 3.63) is 102 Å². The van der Waals surface area contributed by atoms with E-state index < -0.39 is 10.0 Å². The molecule has 0 aliphatic heterocycles. The van der Waals surface area contributed by atoms with Gasteiger partial charge in [0, 0.05) is 24.0 Å². The summed E-state index contributed by atoms with van der Waals surface area (Å²) in [6, 6.07) is 19.7. The van der Waals surface area contributed by atoms with Crippen molar-refractivity contribution in [3.63, 3.8) is 0 Å². The second-order valence-corrected chi connectivity index (χ2v) is 9.66. The summed E-state index contributed by atoms with van der Waals surface area (Å²) < 4.78 is 48.3. The zero-order chi connectivity index (χ0) is 24.4. The fourth-order valence-corrected chi connectivity index (χ4v) is 4.51. The number of halogens is 1. The second-order valence-electron chi connectivity index (χ2n) is 7.98. The van der Waals surface area contributed by atoms with Crippen LogP contribution in [-0.2, 0) is 16.6 Å². The first-order valence-corrected chi connectivity index (χ1v) is 12.1. The topological polar surface area (TPSA) is 103 Å². The molecule has 0 saturated heterocycles. The van der Waals surface area contributed by atoms with Crippen molar-refractivity contribution in [3.8, 4) is 23.0 Å². The maximum atomic E-state index is 13.5. The molecule has 2 aromatic heterocycles. The first-order valence-electron chi connectivity index (χ1n) is 10.7. The molecule has 0 atom stereocenters. The number of sulfonamides is 1. The van der Waals surface area contributed by atoms with Gasteiger partial charge < -0.3 is 9.09 Å². The van der Waals surface area contributed by atoms with Crippen molar-refractivity contribution < 1.29 is 17.3 Å². The van der Waals surface area contributed by atoms with Gasteiger partial charge in [-0.3, -0.25) is 4.72 Å². The van der Waals surface area contributed by atoms with Crippen molar-refractivity contribution in [1.29, 1.82) is 0 Å². The Morgan fingerprint density at radius 3 is 2.54 bits per heavy atom. The Morgan fingerprint density at radius 1 is 1.03 bits per heavy atom. The van der Waals surface area contributed by atoms with E-state index in [0.717, 1.165) is 11.1 Å². The van der Waals surface area contributed by atoms with E-state index in [1.165, 1.54) is 12.1 Å². The van der Waals surface area contributed by atoms with Gasteiger partial charge in [-0.1, -0.05) is 47.1 Å². The largest absolute Gasteiger partial charge is 0.332 e. The van der Waals surface area contributed by atoms with Crippen LogP contribution < -0.4 is 4.72 Å². The quantitative estimate of drug-likeness (QED) is 0.349. The smallest absolute Gasteiger partial charge is 0.278 e. The SMILES string of the molecule is Cc1ccc(S(=O)(=O)Nc2ccc(Cn3cnc(-c4nc(-c5cccc(F)c5)no4)c3)cc2)cc1. The minimum absolute atomic E-state index is 0.208. The molecule has 5 rings (SSSR count). The van der Waals surface area contributed by atoms with Gasteiger partial charge in [0.15, 0.2) is 0 Å². The molecular weight excluding hydrogens is 469 g/mol. The molecule has 0 aliphatic rings. The molecule has 176 valence electrons. The molecule has 0 saturated carbocycles. The summed E-state index contributed by atoms with van der Waals surface area (Å²) in [5.74, 6) is 0.119. The van der Waals surface area contributed by atoms with Crippen LogP contribution >= 0.6 is 0 Å². The molecule has 0 amide bonds. The monoisotopic (exact) mass is 489 g/mol. The van der Waals surface area contributed by atoms with Crippen LogP contribution in [0.1, 0.15) is 11.1 Å². The number of benzene rings is 3. The molecule has 1 N–H and O–H groups in total. The lowest BCUT2D eigenvalue weighted by atomic mass is 10.2. The van der Waals surface area contributed by atoms with Crippen molar-refractivity contribution in [2.45, 2.75) is 18.4 Å². The summed E-state index contributed by atoms with van der Waals surface area (Å²) in [7, 11) is -3.66. The number of imidazole rings is 1. The van der Waals surface area contributed by atoms with E-state index in [0.29, 0.717) is 23.5 Å². The van der Waals surface area contributed by atoms with Crippen LogP contribution in [0.2, 0.25) is 0 Å². The van der Waals surface area contributed by atoms with Gasteiger partial charge in [-0.2, -0.15) is 4.98 Å². The van der Waals surface area contributed by atoms with Gasteiger partial charge in [0.1, 0.15) is 11.5 Å². The minimum Gasteiger partial charge on any atom is -0.332 e. The third-order valence-corrected chi connectivity index (χ3v) is 6.66. The highest BCUT2D eigenvalue weighted by Gasteiger charge is 2.15. The lowest BCUT2D eigenvalue weighted by Gasteiger charge is -2.09. The molecule has 35 heavy (non-hydrogen) atoms. The first kappa shape index (κ1) is 22.5. The highest BCUT2D eigenvalue weighted by molar-refractivity contribution is 7.92. The summed E-state index contributed by atoms with van der Waals surface area (Å²) >= 11 is 0. The molecule has 0 spiro atoms. The Balaban J connectivity index is 1.26. The van der Waals surface area contributed by atoms with E-state index in [4.69, 9.17) is 4.52 Å². The van der Waals surface area contributed by atoms with Crippen LogP contribution in [0.15, 0.2) is 94.7 Å². The second kappa shape index (κ2) is 9.15. The van der Waals surface area contributed by atoms with Crippen LogP contribution in [0, 0.1) is 12.7 Å². The maximum Gasteiger partial charge on any atom is 0.278 e. The number of hydrogen-bond acceptors (Lipinski definition) is 6. The summed E-state index contributed by atoms with van der Waals surface area (Å²) in [6.45, 7) is 2.40. The number of nitrogens with one attached hydrogen (secondary N) is 1. The van der Waals surface area contributed by atoms with E-state index >= 15 is 0 Å². The molecule has 0 aliphatic carbocycles. The lowest BCUT2D eigenvalue weighted by molar-refractivity contribution is 0.431. The fraction of sp³-hybridized carbons (Fsp3) is 0.0800. The zero-order valence-electron chi connectivity index (χ0n) is 18.6. The predicted octanol–water partition coefficient (Wildman–Crippen LogP) is 4.90. The highest BCUT2D eigenvalue weighted by atomic mass is 32.2. The average molecular weight is 490 g/mol. The van der Waals surface area contributed by atoms with Gasteiger partial charge in [-0.15, -0.1) is 0 Å². The predicted molar refractivity (Wildman–Crippen MR) is 128 cm³/mol. The summed E-state index contributed by atoms with van der Waals surface area (Å²) in [5.41, 5.74) is 3.40. The molecule has 0 unspecified atom stereocenters. The Labute approximate surface area is 201 Å². The minimum atomic E-state index is -3.66. The Kier molecular flexibility index (Phi) is 5.87. The van der Waals surface area contributed by atoms with Crippen LogP contribution in [0.25, 0.3) is 23.0 Å². The van der Waals surface area contributed by atoms with E-state index in [1.807, 2.05) is 23.6 Å². The summed E-state index contributed by atoms with van der Waals surface area (Å²) in [5, 5.41) is 3.90. The molecular formula is C25H20FN5O3S. The Morgan fingerprint density at radius 2 is 1.80 bits per heavy atom. The summed E-state index contributed by atoms with van der Waals surface area (Å²) in [4.78, 5) is 8.82. The fourth-order valence-electron chi connectivity index (χ4n) is 3.45. The highest BCUT2D eigenvalue weighted by Crippen LogP contribution is 2.22. The Bertz CT molecular complexity index is 1580. The number of anilines is 1. The third-order valence-electron chi connectivity index (χ3n) is 5.26. The van der Waals surface area contributed by atoms with Gasteiger partial charge in [-0.05, 0) is 48.9 Å². The molecule has 0 radical (unpaired) electrons. The third kappa shape index (κ3) is 5.12. The number of aromatic nitrogens is 4. The van der Waals surface area contributed by atoms with E-state index in [2.05, 4.69) is 19.8 Å².